The molecule has 25 heavy (non-hydrogen) atoms. The summed E-state index contributed by atoms with van der Waals surface area (Å²) in [6.45, 7) is 7.03. The molecule has 0 atom stereocenters. The van der Waals surface area contributed by atoms with Crippen molar-refractivity contribution >= 4 is 17.4 Å². The van der Waals surface area contributed by atoms with Gasteiger partial charge in [-0.05, 0) is 30.5 Å². The molecule has 1 aromatic heterocycles. The Bertz CT molecular complexity index is 947. The van der Waals surface area contributed by atoms with Crippen molar-refractivity contribution < 1.29 is 4.79 Å². The summed E-state index contributed by atoms with van der Waals surface area (Å²) >= 11 is 0. The van der Waals surface area contributed by atoms with Gasteiger partial charge in [-0.3, -0.25) is 4.79 Å². The first-order valence-corrected chi connectivity index (χ1v) is 8.12. The van der Waals surface area contributed by atoms with Gasteiger partial charge >= 0.3 is 0 Å². The van der Waals surface area contributed by atoms with Gasteiger partial charge in [0.15, 0.2) is 11.5 Å². The van der Waals surface area contributed by atoms with Crippen LogP contribution >= 0.6 is 0 Å². The number of carbonyl (C=O) groups is 1. The Kier molecular flexibility index (Phi) is 3.58. The molecule has 1 saturated carbocycles. The highest BCUT2D eigenvalue weighted by molar-refractivity contribution is 6.00. The quantitative estimate of drug-likeness (QED) is 0.733. The highest BCUT2D eigenvalue weighted by atomic mass is 16.2. The first kappa shape index (κ1) is 15.2. The lowest BCUT2D eigenvalue weighted by molar-refractivity contribution is -0.118. The molecule has 1 fully saturated rings. The zero-order valence-electron chi connectivity index (χ0n) is 13.5. The first-order valence-electron chi connectivity index (χ1n) is 8.12. The molecule has 1 N–H and O–H groups in total. The Morgan fingerprint density at radius 3 is 2.44 bits per heavy atom. The summed E-state index contributed by atoms with van der Waals surface area (Å²) in [6.07, 6.45) is 3.46. The van der Waals surface area contributed by atoms with Crippen LogP contribution in [0.2, 0.25) is 0 Å². The minimum atomic E-state index is -0.489. The highest BCUT2D eigenvalue weighted by Crippen LogP contribution is 2.49. The maximum Gasteiger partial charge on any atom is 0.236 e. The number of rotatable bonds is 4. The molecule has 0 radical (unpaired) electrons. The molecule has 4 rings (SSSR count). The maximum atomic E-state index is 12.8. The molecule has 1 heterocycles. The first-order chi connectivity index (χ1) is 12.2. The molecule has 122 valence electrons. The van der Waals surface area contributed by atoms with Crippen molar-refractivity contribution in [3.8, 4) is 5.69 Å². The zero-order valence-corrected chi connectivity index (χ0v) is 13.5. The van der Waals surface area contributed by atoms with Crippen LogP contribution in [0.3, 0.4) is 0 Å². The van der Waals surface area contributed by atoms with Gasteiger partial charge in [-0.25, -0.2) is 9.53 Å². The predicted molar refractivity (Wildman–Crippen MR) is 95.8 cm³/mol. The lowest BCUT2D eigenvalue weighted by Gasteiger charge is -2.14. The van der Waals surface area contributed by atoms with Gasteiger partial charge in [-0.15, -0.1) is 0 Å². The fourth-order valence-corrected chi connectivity index (χ4v) is 2.98. The summed E-state index contributed by atoms with van der Waals surface area (Å²) in [4.78, 5) is 16.2. The smallest absolute Gasteiger partial charge is 0.236 e. The molecule has 1 amide bonds. The lowest BCUT2D eigenvalue weighted by Crippen LogP contribution is -2.28. The number of hydrogen-bond acceptors (Lipinski definition) is 2. The highest BCUT2D eigenvalue weighted by Gasteiger charge is 2.51. The van der Waals surface area contributed by atoms with E-state index in [4.69, 9.17) is 6.57 Å². The molecule has 1 aliphatic carbocycles. The third-order valence-corrected chi connectivity index (χ3v) is 4.59. The Morgan fingerprint density at radius 2 is 1.80 bits per heavy atom. The molecule has 5 heteroatoms. The van der Waals surface area contributed by atoms with Crippen molar-refractivity contribution in [2.75, 3.05) is 5.32 Å². The SMILES string of the molecule is [C-]#[N+]c1ccc(C2(C(=O)Nc3ccn(-c4ccccc4)n3)CC2)cc1. The summed E-state index contributed by atoms with van der Waals surface area (Å²) in [5.74, 6) is 0.499. The number of anilines is 1. The van der Waals surface area contributed by atoms with Crippen LogP contribution in [0.4, 0.5) is 11.5 Å². The fraction of sp³-hybridized carbons (Fsp3) is 0.150. The summed E-state index contributed by atoms with van der Waals surface area (Å²) in [7, 11) is 0. The van der Waals surface area contributed by atoms with Gasteiger partial charge in [0.25, 0.3) is 0 Å². The monoisotopic (exact) mass is 328 g/mol. The Balaban J connectivity index is 1.52. The van der Waals surface area contributed by atoms with E-state index in [0.717, 1.165) is 24.1 Å². The number of benzene rings is 2. The van der Waals surface area contributed by atoms with Crippen LogP contribution in [-0.2, 0) is 10.2 Å². The molecule has 0 aliphatic heterocycles. The van der Waals surface area contributed by atoms with Crippen LogP contribution in [0.25, 0.3) is 10.5 Å². The van der Waals surface area contributed by atoms with E-state index in [0.29, 0.717) is 11.5 Å². The van der Waals surface area contributed by atoms with Gasteiger partial charge in [0.2, 0.25) is 5.91 Å². The number of hydrogen-bond donors (Lipinski definition) is 1. The molecule has 0 spiro atoms. The second-order valence-corrected chi connectivity index (χ2v) is 6.18. The van der Waals surface area contributed by atoms with Crippen LogP contribution in [0.5, 0.6) is 0 Å². The van der Waals surface area contributed by atoms with E-state index in [2.05, 4.69) is 15.3 Å². The second kappa shape index (κ2) is 5.91. The largest absolute Gasteiger partial charge is 0.308 e. The summed E-state index contributed by atoms with van der Waals surface area (Å²) in [5.41, 5.74) is 2.00. The van der Waals surface area contributed by atoms with E-state index in [1.54, 1.807) is 22.9 Å². The van der Waals surface area contributed by atoms with E-state index in [1.165, 1.54) is 0 Å². The Morgan fingerprint density at radius 1 is 1.08 bits per heavy atom. The lowest BCUT2D eigenvalue weighted by atomic mass is 9.95. The second-order valence-electron chi connectivity index (χ2n) is 6.18. The number of nitrogens with zero attached hydrogens (tertiary/aromatic N) is 3. The zero-order chi connectivity index (χ0) is 17.3. The van der Waals surface area contributed by atoms with Gasteiger partial charge in [0.1, 0.15) is 0 Å². The van der Waals surface area contributed by atoms with Gasteiger partial charge in [-0.2, -0.15) is 5.10 Å². The molecular formula is C20H16N4O. The van der Waals surface area contributed by atoms with Crippen LogP contribution in [0.1, 0.15) is 18.4 Å². The predicted octanol–water partition coefficient (Wildman–Crippen LogP) is 4.09. The van der Waals surface area contributed by atoms with Crippen molar-refractivity contribution in [1.82, 2.24) is 9.78 Å². The average Bonchev–Trinajstić information content (AvgIpc) is 3.36. The fourth-order valence-electron chi connectivity index (χ4n) is 2.98. The maximum absolute atomic E-state index is 12.8. The third kappa shape index (κ3) is 2.79. The minimum absolute atomic E-state index is 0.0404. The average molecular weight is 328 g/mol. The number of para-hydroxylation sites is 1. The molecule has 1 aliphatic rings. The Labute approximate surface area is 145 Å². The van der Waals surface area contributed by atoms with E-state index >= 15 is 0 Å². The summed E-state index contributed by atoms with van der Waals surface area (Å²) in [6, 6.07) is 18.8. The van der Waals surface area contributed by atoms with Gasteiger partial charge in [0.05, 0.1) is 17.7 Å². The van der Waals surface area contributed by atoms with Crippen molar-refractivity contribution in [2.45, 2.75) is 18.3 Å². The molecule has 0 unspecified atom stereocenters. The van der Waals surface area contributed by atoms with Gasteiger partial charge < -0.3 is 5.32 Å². The van der Waals surface area contributed by atoms with Crippen molar-refractivity contribution in [3.05, 3.63) is 83.8 Å². The normalized spacial score (nSPS) is 14.5. The molecular weight excluding hydrogens is 312 g/mol. The molecule has 0 saturated heterocycles. The Hall–Kier alpha value is -3.39. The van der Waals surface area contributed by atoms with Crippen LogP contribution in [-0.4, -0.2) is 15.7 Å². The number of amides is 1. The third-order valence-electron chi connectivity index (χ3n) is 4.59. The van der Waals surface area contributed by atoms with E-state index < -0.39 is 5.41 Å². The van der Waals surface area contributed by atoms with Crippen molar-refractivity contribution in [2.24, 2.45) is 0 Å². The molecule has 0 bridgehead atoms. The van der Waals surface area contributed by atoms with Crippen molar-refractivity contribution in [3.63, 3.8) is 0 Å². The topological polar surface area (TPSA) is 51.3 Å². The molecule has 5 nitrogen and oxygen atoms in total. The van der Waals surface area contributed by atoms with Crippen LogP contribution in [0.15, 0.2) is 66.9 Å². The van der Waals surface area contributed by atoms with Crippen molar-refractivity contribution in [1.29, 1.82) is 0 Å². The van der Waals surface area contributed by atoms with Crippen LogP contribution < -0.4 is 5.32 Å². The minimum Gasteiger partial charge on any atom is -0.308 e. The number of nitrogens with one attached hydrogen (secondary N) is 1. The van der Waals surface area contributed by atoms with E-state index in [1.807, 2.05) is 48.7 Å². The van der Waals surface area contributed by atoms with E-state index in [-0.39, 0.29) is 5.91 Å². The standard InChI is InChI=1S/C20H16N4O/c1-21-16-9-7-15(8-10-16)20(12-13-20)19(25)22-18-11-14-24(23-18)17-5-3-2-4-6-17/h2-11,14H,12-13H2,(H,22,23,25). The molecule has 3 aromatic rings. The number of aromatic nitrogens is 2. The summed E-state index contributed by atoms with van der Waals surface area (Å²) in [5, 5.41) is 7.36. The van der Waals surface area contributed by atoms with Crippen LogP contribution in [0, 0.1) is 6.57 Å². The number of carbonyl (C=O) groups excluding carboxylic acids is 1. The van der Waals surface area contributed by atoms with Gasteiger partial charge in [0, 0.05) is 12.3 Å². The van der Waals surface area contributed by atoms with Gasteiger partial charge in [-0.1, -0.05) is 42.5 Å². The molecule has 2 aromatic carbocycles. The van der Waals surface area contributed by atoms with E-state index in [9.17, 15) is 4.79 Å². The summed E-state index contributed by atoms with van der Waals surface area (Å²) < 4.78 is 1.74.